The molecule has 5 nitrogen and oxygen atoms in total. The molecule has 0 saturated carbocycles. The summed E-state index contributed by atoms with van der Waals surface area (Å²) in [4.78, 5) is 7.57. The van der Waals surface area contributed by atoms with Crippen molar-refractivity contribution in [2.75, 3.05) is 31.6 Å². The van der Waals surface area contributed by atoms with E-state index in [0.29, 0.717) is 19.0 Å². The van der Waals surface area contributed by atoms with Gasteiger partial charge >= 0.3 is 0 Å². The fourth-order valence-electron chi connectivity index (χ4n) is 3.42. The van der Waals surface area contributed by atoms with Gasteiger partial charge in [0.2, 0.25) is 0 Å². The normalized spacial score (nSPS) is 15.1. The topological polar surface area (TPSA) is 59.9 Å². The van der Waals surface area contributed by atoms with Gasteiger partial charge in [0.15, 0.2) is 5.96 Å². The number of anilines is 1. The number of benzene rings is 2. The van der Waals surface area contributed by atoms with Crippen molar-refractivity contribution in [3.63, 3.8) is 0 Å². The van der Waals surface area contributed by atoms with Crippen LogP contribution in [0.1, 0.15) is 16.5 Å². The first-order valence-electron chi connectivity index (χ1n) is 9.83. The van der Waals surface area contributed by atoms with Crippen LogP contribution in [0.25, 0.3) is 10.1 Å². The first-order chi connectivity index (χ1) is 14.2. The predicted molar refractivity (Wildman–Crippen MR) is 123 cm³/mol. The van der Waals surface area contributed by atoms with E-state index in [1.54, 1.807) is 18.4 Å². The van der Waals surface area contributed by atoms with Crippen LogP contribution >= 0.6 is 11.3 Å². The second-order valence-electron chi connectivity index (χ2n) is 7.06. The highest BCUT2D eigenvalue weighted by Crippen LogP contribution is 2.29. The third-order valence-electron chi connectivity index (χ3n) is 5.01. The Morgan fingerprint density at radius 3 is 2.72 bits per heavy atom. The van der Waals surface area contributed by atoms with Crippen LogP contribution in [-0.4, -0.2) is 37.7 Å². The van der Waals surface area contributed by atoms with Crippen LogP contribution in [0.2, 0.25) is 0 Å². The molecule has 6 heteroatoms. The third kappa shape index (κ3) is 4.78. The molecule has 0 saturated heterocycles. The summed E-state index contributed by atoms with van der Waals surface area (Å²) in [6, 6.07) is 18.8. The minimum Gasteiger partial charge on any atom is -0.386 e. The summed E-state index contributed by atoms with van der Waals surface area (Å²) in [5.74, 6) is 0.679. The number of nitrogens with one attached hydrogen (secondary N) is 2. The summed E-state index contributed by atoms with van der Waals surface area (Å²) in [5.41, 5.74) is 2.43. The number of aliphatic imine (C=N–C) groups is 1. The highest BCUT2D eigenvalue weighted by atomic mass is 32.1. The van der Waals surface area contributed by atoms with E-state index in [2.05, 4.69) is 75.1 Å². The Balaban J connectivity index is 1.31. The minimum absolute atomic E-state index is 0.409. The zero-order chi connectivity index (χ0) is 20.1. The van der Waals surface area contributed by atoms with Gasteiger partial charge in [-0.15, -0.1) is 11.3 Å². The van der Waals surface area contributed by atoms with Crippen molar-refractivity contribution in [1.29, 1.82) is 0 Å². The van der Waals surface area contributed by atoms with Crippen LogP contribution in [0.3, 0.4) is 0 Å². The quantitative estimate of drug-likeness (QED) is 0.332. The molecule has 3 aromatic rings. The van der Waals surface area contributed by atoms with E-state index in [0.717, 1.165) is 18.0 Å². The Kier molecular flexibility index (Phi) is 6.12. The molecule has 0 radical (unpaired) electrons. The lowest BCUT2D eigenvalue weighted by atomic mass is 10.2. The molecule has 4 rings (SSSR count). The van der Waals surface area contributed by atoms with Crippen LogP contribution < -0.4 is 15.5 Å². The van der Waals surface area contributed by atoms with Crippen molar-refractivity contribution in [3.8, 4) is 0 Å². The number of aliphatic hydroxyl groups is 1. The molecule has 150 valence electrons. The van der Waals surface area contributed by atoms with Gasteiger partial charge in [-0.3, -0.25) is 4.99 Å². The van der Waals surface area contributed by atoms with Crippen molar-refractivity contribution >= 4 is 33.1 Å². The fourth-order valence-corrected chi connectivity index (χ4v) is 4.47. The molecule has 1 aliphatic rings. The molecule has 0 amide bonds. The van der Waals surface area contributed by atoms with Crippen molar-refractivity contribution in [2.45, 2.75) is 12.6 Å². The number of rotatable bonds is 6. The molecular weight excluding hydrogens is 380 g/mol. The molecule has 3 N–H and O–H groups in total. The van der Waals surface area contributed by atoms with Crippen LogP contribution in [0, 0.1) is 0 Å². The lowest BCUT2D eigenvalue weighted by molar-refractivity contribution is 0.184. The lowest BCUT2D eigenvalue weighted by Gasteiger charge is -2.19. The van der Waals surface area contributed by atoms with Gasteiger partial charge in [-0.1, -0.05) is 42.5 Å². The summed E-state index contributed by atoms with van der Waals surface area (Å²) in [6.07, 6.45) is 3.81. The van der Waals surface area contributed by atoms with E-state index >= 15 is 0 Å². The summed E-state index contributed by atoms with van der Waals surface area (Å²) in [7, 11) is 1.74. The molecule has 1 aromatic heterocycles. The zero-order valence-electron chi connectivity index (χ0n) is 16.5. The van der Waals surface area contributed by atoms with Crippen LogP contribution in [-0.2, 0) is 6.54 Å². The van der Waals surface area contributed by atoms with Gasteiger partial charge < -0.3 is 20.6 Å². The van der Waals surface area contributed by atoms with Crippen LogP contribution in [0.4, 0.5) is 5.69 Å². The average molecular weight is 407 g/mol. The van der Waals surface area contributed by atoms with Crippen molar-refractivity contribution in [1.82, 2.24) is 10.6 Å². The largest absolute Gasteiger partial charge is 0.386 e. The molecule has 1 unspecified atom stereocenters. The maximum atomic E-state index is 10.6. The molecule has 0 spiro atoms. The number of guanidine groups is 1. The van der Waals surface area contributed by atoms with Crippen molar-refractivity contribution in [2.24, 2.45) is 4.99 Å². The summed E-state index contributed by atoms with van der Waals surface area (Å²) < 4.78 is 1.19. The van der Waals surface area contributed by atoms with Gasteiger partial charge in [0.05, 0.1) is 0 Å². The average Bonchev–Trinajstić information content (AvgIpc) is 3.44. The summed E-state index contributed by atoms with van der Waals surface area (Å²) in [6.45, 7) is 3.02. The van der Waals surface area contributed by atoms with Gasteiger partial charge in [-0.05, 0) is 35.2 Å². The Hall–Kier alpha value is -2.83. The van der Waals surface area contributed by atoms with Crippen LogP contribution in [0.15, 0.2) is 71.7 Å². The molecule has 1 atom stereocenters. The zero-order valence-corrected chi connectivity index (χ0v) is 17.3. The maximum absolute atomic E-state index is 10.6. The maximum Gasteiger partial charge on any atom is 0.191 e. The Labute approximate surface area is 175 Å². The number of hydrogen-bond acceptors (Lipinski definition) is 4. The van der Waals surface area contributed by atoms with Gasteiger partial charge in [-0.25, -0.2) is 0 Å². The monoisotopic (exact) mass is 406 g/mol. The molecule has 1 aliphatic heterocycles. The van der Waals surface area contributed by atoms with Gasteiger partial charge in [0.1, 0.15) is 6.10 Å². The number of hydrogen-bond donors (Lipinski definition) is 3. The predicted octanol–water partition coefficient (Wildman–Crippen LogP) is 3.68. The number of nitrogens with zero attached hydrogens (tertiary/aromatic N) is 2. The van der Waals surface area contributed by atoms with E-state index in [9.17, 15) is 5.11 Å². The van der Waals surface area contributed by atoms with E-state index < -0.39 is 6.10 Å². The molecular formula is C23H26N4OS. The molecule has 2 aromatic carbocycles. The first kappa shape index (κ1) is 19.5. The van der Waals surface area contributed by atoms with Gasteiger partial charge in [-0.2, -0.15) is 0 Å². The first-order valence-corrected chi connectivity index (χ1v) is 10.6. The van der Waals surface area contributed by atoms with Crippen molar-refractivity contribution in [3.05, 3.63) is 77.2 Å². The molecule has 0 fully saturated rings. The SMILES string of the molecule is CN=C(NCc1cccc(N2CC=CC2)c1)NCC(O)c1cc2ccccc2s1. The van der Waals surface area contributed by atoms with Crippen molar-refractivity contribution < 1.29 is 5.11 Å². The Bertz CT molecular complexity index is 985. The Morgan fingerprint density at radius 1 is 1.10 bits per heavy atom. The van der Waals surface area contributed by atoms with E-state index in [-0.39, 0.29) is 0 Å². The third-order valence-corrected chi connectivity index (χ3v) is 6.23. The lowest BCUT2D eigenvalue weighted by Crippen LogP contribution is -2.38. The van der Waals surface area contributed by atoms with E-state index in [1.165, 1.54) is 21.3 Å². The Morgan fingerprint density at radius 2 is 1.93 bits per heavy atom. The molecule has 29 heavy (non-hydrogen) atoms. The minimum atomic E-state index is -0.572. The summed E-state index contributed by atoms with van der Waals surface area (Å²) in [5, 5.41) is 18.3. The fraction of sp³-hybridized carbons (Fsp3) is 0.261. The summed E-state index contributed by atoms with van der Waals surface area (Å²) >= 11 is 1.63. The smallest absolute Gasteiger partial charge is 0.191 e. The van der Waals surface area contributed by atoms with E-state index in [1.807, 2.05) is 12.1 Å². The number of aliphatic hydroxyl groups excluding tert-OH is 1. The second-order valence-corrected chi connectivity index (χ2v) is 8.17. The molecule has 0 bridgehead atoms. The standard InChI is InChI=1S/C23H26N4OS/c1-24-23(25-15-17-7-6-9-19(13-17)27-11-4-5-12-27)26-16-20(28)22-14-18-8-2-3-10-21(18)29-22/h2-10,13-14,20,28H,11-12,15-16H2,1H3,(H2,24,25,26). The van der Waals surface area contributed by atoms with Gasteiger partial charge in [0, 0.05) is 48.5 Å². The highest BCUT2D eigenvalue weighted by molar-refractivity contribution is 7.19. The highest BCUT2D eigenvalue weighted by Gasteiger charge is 2.12. The number of fused-ring (bicyclic) bond motifs is 1. The van der Waals surface area contributed by atoms with Crippen LogP contribution in [0.5, 0.6) is 0 Å². The molecule has 2 heterocycles. The molecule has 0 aliphatic carbocycles. The second kappa shape index (κ2) is 9.11. The van der Waals surface area contributed by atoms with E-state index in [4.69, 9.17) is 0 Å². The number of thiophene rings is 1. The van der Waals surface area contributed by atoms with Gasteiger partial charge in [0.25, 0.3) is 0 Å².